The summed E-state index contributed by atoms with van der Waals surface area (Å²) in [5.41, 5.74) is 0.850. The number of benzene rings is 2. The van der Waals surface area contributed by atoms with Gasteiger partial charge in [0.15, 0.2) is 0 Å². The molecule has 0 fully saturated rings. The van der Waals surface area contributed by atoms with Gasteiger partial charge in [-0.15, -0.1) is 0 Å². The number of hydrogen-bond acceptors (Lipinski definition) is 4. The number of rotatable bonds is 10. The number of ether oxygens (including phenoxy) is 1. The predicted molar refractivity (Wildman–Crippen MR) is 118 cm³/mol. The van der Waals surface area contributed by atoms with E-state index in [1.165, 1.54) is 16.4 Å². The second kappa shape index (κ2) is 10.8. The van der Waals surface area contributed by atoms with Crippen molar-refractivity contribution in [2.24, 2.45) is 5.92 Å². The molecule has 0 aliphatic rings. The highest BCUT2D eigenvalue weighted by Crippen LogP contribution is 2.24. The van der Waals surface area contributed by atoms with E-state index in [4.69, 9.17) is 16.3 Å². The van der Waals surface area contributed by atoms with E-state index >= 15 is 0 Å². The van der Waals surface area contributed by atoms with Crippen LogP contribution in [0.2, 0.25) is 5.02 Å². The smallest absolute Gasteiger partial charge is 0.243 e. The van der Waals surface area contributed by atoms with Crippen LogP contribution in [0.25, 0.3) is 6.08 Å². The van der Waals surface area contributed by atoms with Crippen molar-refractivity contribution in [1.82, 2.24) is 4.31 Å². The lowest BCUT2D eigenvalue weighted by Gasteiger charge is -2.30. The molecule has 0 aliphatic carbocycles. The fourth-order valence-corrected chi connectivity index (χ4v) is 4.80. The fraction of sp³-hybridized carbons (Fsp3) is 0.364. The maximum absolute atomic E-state index is 13.3. The number of hydrogen-bond donors (Lipinski definition) is 1. The third-order valence-electron chi connectivity index (χ3n) is 4.50. The van der Waals surface area contributed by atoms with Gasteiger partial charge < -0.3 is 9.84 Å². The summed E-state index contributed by atoms with van der Waals surface area (Å²) >= 11 is 5.91. The van der Waals surface area contributed by atoms with Crippen LogP contribution in [-0.2, 0) is 10.0 Å². The van der Waals surface area contributed by atoms with Crippen LogP contribution >= 0.6 is 11.6 Å². The summed E-state index contributed by atoms with van der Waals surface area (Å²) < 4.78 is 33.3. The van der Waals surface area contributed by atoms with Crippen LogP contribution in [0.15, 0.2) is 59.5 Å². The molecule has 0 saturated heterocycles. The first kappa shape index (κ1) is 23.4. The molecule has 1 unspecified atom stereocenters. The van der Waals surface area contributed by atoms with E-state index in [0.29, 0.717) is 17.2 Å². The Balaban J connectivity index is 2.36. The lowest BCUT2D eigenvalue weighted by atomic mass is 10.0. The number of aliphatic hydroxyl groups excluding tert-OH is 1. The quantitative estimate of drug-likeness (QED) is 0.595. The molecule has 0 bridgehead atoms. The van der Waals surface area contributed by atoms with Gasteiger partial charge in [-0.25, -0.2) is 8.42 Å². The molecule has 5 nitrogen and oxygen atoms in total. The monoisotopic (exact) mass is 437 g/mol. The second-order valence-corrected chi connectivity index (χ2v) is 9.47. The van der Waals surface area contributed by atoms with Gasteiger partial charge in [0.05, 0.1) is 18.6 Å². The third-order valence-corrected chi connectivity index (χ3v) is 6.69. The molecule has 2 aromatic carbocycles. The molecule has 0 amide bonds. The molecule has 1 atom stereocenters. The molecule has 0 aliphatic heterocycles. The first-order valence-corrected chi connectivity index (χ1v) is 11.3. The Labute approximate surface area is 178 Å². The third kappa shape index (κ3) is 6.31. The summed E-state index contributed by atoms with van der Waals surface area (Å²) in [5, 5.41) is 10.4. The first-order valence-electron chi connectivity index (χ1n) is 9.47. The van der Waals surface area contributed by atoms with Crippen LogP contribution < -0.4 is 4.74 Å². The number of nitrogens with zero attached hydrogens (tertiary/aromatic N) is 1. The number of methoxy groups -OCH3 is 1. The molecule has 0 spiro atoms. The molecule has 7 heteroatoms. The van der Waals surface area contributed by atoms with Crippen molar-refractivity contribution in [3.63, 3.8) is 0 Å². The minimum absolute atomic E-state index is 0.126. The van der Waals surface area contributed by atoms with E-state index in [2.05, 4.69) is 0 Å². The molecule has 0 radical (unpaired) electrons. The zero-order valence-electron chi connectivity index (χ0n) is 17.0. The van der Waals surface area contributed by atoms with Crippen molar-refractivity contribution in [1.29, 1.82) is 0 Å². The van der Waals surface area contributed by atoms with Gasteiger partial charge in [0, 0.05) is 23.2 Å². The van der Waals surface area contributed by atoms with Gasteiger partial charge in [-0.05, 0) is 42.7 Å². The van der Waals surface area contributed by atoms with Gasteiger partial charge in [0.25, 0.3) is 0 Å². The summed E-state index contributed by atoms with van der Waals surface area (Å²) in [6.45, 7) is 3.87. The van der Waals surface area contributed by atoms with E-state index in [1.54, 1.807) is 25.3 Å². The van der Waals surface area contributed by atoms with Crippen molar-refractivity contribution in [2.75, 3.05) is 20.3 Å². The summed E-state index contributed by atoms with van der Waals surface area (Å²) in [4.78, 5) is 0.148. The molecule has 0 saturated carbocycles. The highest BCUT2D eigenvalue weighted by atomic mass is 35.5. The molecule has 2 rings (SSSR count). The van der Waals surface area contributed by atoms with E-state index in [0.717, 1.165) is 5.56 Å². The van der Waals surface area contributed by atoms with Crippen LogP contribution in [0, 0.1) is 5.92 Å². The van der Waals surface area contributed by atoms with Crippen LogP contribution in [0.3, 0.4) is 0 Å². The minimum atomic E-state index is -3.81. The van der Waals surface area contributed by atoms with Crippen LogP contribution in [0.4, 0.5) is 0 Å². The van der Waals surface area contributed by atoms with Crippen molar-refractivity contribution >= 4 is 27.7 Å². The number of para-hydroxylation sites is 1. The second-order valence-electron chi connectivity index (χ2n) is 7.14. The van der Waals surface area contributed by atoms with Crippen molar-refractivity contribution in [3.05, 3.63) is 65.2 Å². The summed E-state index contributed by atoms with van der Waals surface area (Å²) in [5.74, 6) is 0.935. The fourth-order valence-electron chi connectivity index (χ4n) is 3.10. The normalized spacial score (nSPS) is 13.3. The molecule has 29 heavy (non-hydrogen) atoms. The maximum Gasteiger partial charge on any atom is 0.243 e. The largest absolute Gasteiger partial charge is 0.496 e. The molecular weight excluding hydrogens is 410 g/mol. The van der Waals surface area contributed by atoms with Crippen molar-refractivity contribution in [3.8, 4) is 5.75 Å². The SMILES string of the molecule is COc1ccccc1C=CCN(C(CO)CC(C)C)S(=O)(=O)c1ccc(Cl)cc1. The van der Waals surface area contributed by atoms with E-state index in [1.807, 2.05) is 44.2 Å². The maximum atomic E-state index is 13.3. The van der Waals surface area contributed by atoms with Crippen LogP contribution in [0.5, 0.6) is 5.75 Å². The highest BCUT2D eigenvalue weighted by Gasteiger charge is 2.30. The molecule has 2 aromatic rings. The molecule has 0 aromatic heterocycles. The Morgan fingerprint density at radius 3 is 2.38 bits per heavy atom. The molecule has 0 heterocycles. The zero-order valence-corrected chi connectivity index (χ0v) is 18.5. The zero-order chi connectivity index (χ0) is 21.4. The van der Waals surface area contributed by atoms with Crippen LogP contribution in [-0.4, -0.2) is 44.1 Å². The Bertz CT molecular complexity index is 911. The minimum Gasteiger partial charge on any atom is -0.496 e. The summed E-state index contributed by atoms with van der Waals surface area (Å²) in [6, 6.07) is 13.0. The van der Waals surface area contributed by atoms with Crippen LogP contribution in [0.1, 0.15) is 25.8 Å². The molecule has 1 N–H and O–H groups in total. The number of sulfonamides is 1. The number of aliphatic hydroxyl groups is 1. The van der Waals surface area contributed by atoms with Gasteiger partial charge in [-0.1, -0.05) is 55.8 Å². The molecular formula is C22H28ClNO4S. The summed E-state index contributed by atoms with van der Waals surface area (Å²) in [7, 11) is -2.22. The van der Waals surface area contributed by atoms with Gasteiger partial charge in [0.2, 0.25) is 10.0 Å². The van der Waals surface area contributed by atoms with Gasteiger partial charge >= 0.3 is 0 Å². The van der Waals surface area contributed by atoms with E-state index in [-0.39, 0.29) is 24.0 Å². The van der Waals surface area contributed by atoms with Gasteiger partial charge in [0.1, 0.15) is 5.75 Å². The first-order chi connectivity index (χ1) is 13.8. The van der Waals surface area contributed by atoms with Gasteiger partial charge in [-0.2, -0.15) is 4.31 Å². The lowest BCUT2D eigenvalue weighted by molar-refractivity contribution is 0.175. The topological polar surface area (TPSA) is 66.8 Å². The standard InChI is InChI=1S/C22H28ClNO4S/c1-17(2)15-20(16-25)24(29(26,27)21-12-10-19(23)11-13-21)14-6-8-18-7-4-5-9-22(18)28-3/h4-13,17,20,25H,14-16H2,1-3H3. The Kier molecular flexibility index (Phi) is 8.71. The Morgan fingerprint density at radius 1 is 1.14 bits per heavy atom. The average molecular weight is 438 g/mol. The van der Waals surface area contributed by atoms with Gasteiger partial charge in [-0.3, -0.25) is 0 Å². The average Bonchev–Trinajstić information content (AvgIpc) is 2.70. The Morgan fingerprint density at radius 2 is 1.79 bits per heavy atom. The summed E-state index contributed by atoms with van der Waals surface area (Å²) in [6.07, 6.45) is 4.15. The highest BCUT2D eigenvalue weighted by molar-refractivity contribution is 7.89. The van der Waals surface area contributed by atoms with E-state index < -0.39 is 16.1 Å². The van der Waals surface area contributed by atoms with Crippen molar-refractivity contribution in [2.45, 2.75) is 31.2 Å². The molecule has 158 valence electrons. The Hall–Kier alpha value is -1.86. The van der Waals surface area contributed by atoms with E-state index in [9.17, 15) is 13.5 Å². The number of halogens is 1. The predicted octanol–water partition coefficient (Wildman–Crippen LogP) is 4.46. The lowest BCUT2D eigenvalue weighted by Crippen LogP contribution is -2.43. The van der Waals surface area contributed by atoms with Crippen molar-refractivity contribution < 1.29 is 18.3 Å².